The van der Waals surface area contributed by atoms with E-state index in [2.05, 4.69) is 22.9 Å². The summed E-state index contributed by atoms with van der Waals surface area (Å²) in [6, 6.07) is 0. The van der Waals surface area contributed by atoms with Crippen molar-refractivity contribution in [1.82, 2.24) is 0 Å². The standard InChI is InChI=1S/C12H23BrO/c1-2-14-10-6-8-11-7-4-3-5-9-12(11)13/h11-12H,2-10H2,1H3. The maximum Gasteiger partial charge on any atom is 0.0466 e. The molecule has 2 atom stereocenters. The highest BCUT2D eigenvalue weighted by Crippen LogP contribution is 2.31. The van der Waals surface area contributed by atoms with Gasteiger partial charge in [-0.1, -0.05) is 35.2 Å². The van der Waals surface area contributed by atoms with Gasteiger partial charge in [0.25, 0.3) is 0 Å². The second kappa shape index (κ2) is 7.70. The number of rotatable bonds is 5. The van der Waals surface area contributed by atoms with Gasteiger partial charge in [0, 0.05) is 18.0 Å². The Labute approximate surface area is 96.7 Å². The summed E-state index contributed by atoms with van der Waals surface area (Å²) in [6.45, 7) is 3.88. The SMILES string of the molecule is CCOCCCC1CCCCCC1Br. The Morgan fingerprint density at radius 2 is 2.00 bits per heavy atom. The van der Waals surface area contributed by atoms with Gasteiger partial charge in [-0.15, -0.1) is 0 Å². The van der Waals surface area contributed by atoms with E-state index in [9.17, 15) is 0 Å². The summed E-state index contributed by atoms with van der Waals surface area (Å²) in [5.41, 5.74) is 0. The molecule has 1 aliphatic rings. The van der Waals surface area contributed by atoms with Crippen LogP contribution in [0.4, 0.5) is 0 Å². The van der Waals surface area contributed by atoms with Gasteiger partial charge in [0.15, 0.2) is 0 Å². The zero-order chi connectivity index (χ0) is 10.2. The molecule has 0 bridgehead atoms. The largest absolute Gasteiger partial charge is 0.382 e. The van der Waals surface area contributed by atoms with Crippen LogP contribution in [0, 0.1) is 5.92 Å². The maximum absolute atomic E-state index is 5.38. The van der Waals surface area contributed by atoms with E-state index < -0.39 is 0 Å². The zero-order valence-corrected chi connectivity index (χ0v) is 10.9. The van der Waals surface area contributed by atoms with Crippen molar-refractivity contribution in [3.05, 3.63) is 0 Å². The van der Waals surface area contributed by atoms with Crippen molar-refractivity contribution < 1.29 is 4.74 Å². The Morgan fingerprint density at radius 3 is 2.79 bits per heavy atom. The molecule has 14 heavy (non-hydrogen) atoms. The van der Waals surface area contributed by atoms with E-state index in [1.165, 1.54) is 44.9 Å². The highest BCUT2D eigenvalue weighted by atomic mass is 79.9. The molecular formula is C12H23BrO. The lowest BCUT2D eigenvalue weighted by Gasteiger charge is -2.19. The van der Waals surface area contributed by atoms with Gasteiger partial charge in [0.2, 0.25) is 0 Å². The van der Waals surface area contributed by atoms with Crippen molar-refractivity contribution in [3.63, 3.8) is 0 Å². The Balaban J connectivity index is 2.13. The van der Waals surface area contributed by atoms with Crippen LogP contribution < -0.4 is 0 Å². The fraction of sp³-hybridized carbons (Fsp3) is 1.00. The van der Waals surface area contributed by atoms with E-state index in [1.54, 1.807) is 0 Å². The first-order valence-corrected chi connectivity index (χ1v) is 6.98. The van der Waals surface area contributed by atoms with Crippen LogP contribution in [-0.4, -0.2) is 18.0 Å². The predicted molar refractivity (Wildman–Crippen MR) is 65.0 cm³/mol. The van der Waals surface area contributed by atoms with Crippen LogP contribution in [0.2, 0.25) is 0 Å². The molecule has 0 aromatic rings. The molecule has 0 amide bonds. The van der Waals surface area contributed by atoms with Gasteiger partial charge < -0.3 is 4.74 Å². The van der Waals surface area contributed by atoms with Crippen molar-refractivity contribution in [2.24, 2.45) is 5.92 Å². The van der Waals surface area contributed by atoms with E-state index in [0.29, 0.717) is 0 Å². The zero-order valence-electron chi connectivity index (χ0n) is 9.30. The van der Waals surface area contributed by atoms with Crippen molar-refractivity contribution in [2.75, 3.05) is 13.2 Å². The molecule has 2 heteroatoms. The molecule has 1 fully saturated rings. The van der Waals surface area contributed by atoms with Gasteiger partial charge in [0.05, 0.1) is 0 Å². The number of hydrogen-bond donors (Lipinski definition) is 0. The molecule has 1 saturated carbocycles. The number of alkyl halides is 1. The molecule has 1 rings (SSSR count). The van der Waals surface area contributed by atoms with Gasteiger partial charge in [-0.25, -0.2) is 0 Å². The molecule has 0 spiro atoms. The molecule has 0 aliphatic heterocycles. The van der Waals surface area contributed by atoms with E-state index in [0.717, 1.165) is 24.0 Å². The summed E-state index contributed by atoms with van der Waals surface area (Å²) in [7, 11) is 0. The maximum atomic E-state index is 5.38. The topological polar surface area (TPSA) is 9.23 Å². The fourth-order valence-corrected chi connectivity index (χ4v) is 3.11. The third kappa shape index (κ3) is 4.79. The monoisotopic (exact) mass is 262 g/mol. The fourth-order valence-electron chi connectivity index (χ4n) is 2.26. The van der Waals surface area contributed by atoms with Crippen LogP contribution in [0.1, 0.15) is 51.9 Å². The highest BCUT2D eigenvalue weighted by molar-refractivity contribution is 9.09. The quantitative estimate of drug-likeness (QED) is 0.411. The Hall–Kier alpha value is 0.440. The minimum absolute atomic E-state index is 0.770. The number of halogens is 1. The summed E-state index contributed by atoms with van der Waals surface area (Å²) in [5.74, 6) is 0.901. The molecule has 0 radical (unpaired) electrons. The first-order chi connectivity index (χ1) is 6.84. The van der Waals surface area contributed by atoms with E-state index in [4.69, 9.17) is 4.74 Å². The third-order valence-corrected chi connectivity index (χ3v) is 4.34. The third-order valence-electron chi connectivity index (χ3n) is 3.13. The molecule has 0 N–H and O–H groups in total. The first-order valence-electron chi connectivity index (χ1n) is 6.06. The van der Waals surface area contributed by atoms with Gasteiger partial charge in [0.1, 0.15) is 0 Å². The minimum Gasteiger partial charge on any atom is -0.382 e. The van der Waals surface area contributed by atoms with Crippen molar-refractivity contribution >= 4 is 15.9 Å². The molecule has 2 unspecified atom stereocenters. The summed E-state index contributed by atoms with van der Waals surface area (Å²) in [6.07, 6.45) is 9.65. The minimum atomic E-state index is 0.770. The van der Waals surface area contributed by atoms with Crippen LogP contribution in [0.5, 0.6) is 0 Å². The second-order valence-electron chi connectivity index (χ2n) is 4.25. The Morgan fingerprint density at radius 1 is 1.21 bits per heavy atom. The predicted octanol–water partition coefficient (Wildman–Crippen LogP) is 4.15. The van der Waals surface area contributed by atoms with Crippen LogP contribution >= 0.6 is 15.9 Å². The van der Waals surface area contributed by atoms with Crippen molar-refractivity contribution in [1.29, 1.82) is 0 Å². The van der Waals surface area contributed by atoms with Crippen molar-refractivity contribution in [2.45, 2.75) is 56.7 Å². The van der Waals surface area contributed by atoms with Crippen LogP contribution in [0.3, 0.4) is 0 Å². The highest BCUT2D eigenvalue weighted by Gasteiger charge is 2.20. The van der Waals surface area contributed by atoms with Crippen LogP contribution in [0.25, 0.3) is 0 Å². The average Bonchev–Trinajstić information content (AvgIpc) is 2.39. The van der Waals surface area contributed by atoms with E-state index in [1.807, 2.05) is 0 Å². The lowest BCUT2D eigenvalue weighted by Crippen LogP contribution is -2.13. The first kappa shape index (κ1) is 12.5. The lowest BCUT2D eigenvalue weighted by atomic mass is 9.95. The van der Waals surface area contributed by atoms with Gasteiger partial charge in [-0.3, -0.25) is 0 Å². The van der Waals surface area contributed by atoms with Crippen LogP contribution in [0.15, 0.2) is 0 Å². The molecule has 0 heterocycles. The van der Waals surface area contributed by atoms with E-state index >= 15 is 0 Å². The number of hydrogen-bond acceptors (Lipinski definition) is 1. The summed E-state index contributed by atoms with van der Waals surface area (Å²) in [4.78, 5) is 0.770. The smallest absolute Gasteiger partial charge is 0.0466 e. The number of ether oxygens (including phenoxy) is 1. The summed E-state index contributed by atoms with van der Waals surface area (Å²) >= 11 is 3.83. The van der Waals surface area contributed by atoms with Gasteiger partial charge in [-0.05, 0) is 38.5 Å². The summed E-state index contributed by atoms with van der Waals surface area (Å²) < 4.78 is 5.38. The Kier molecular flexibility index (Phi) is 6.88. The van der Waals surface area contributed by atoms with Crippen molar-refractivity contribution in [3.8, 4) is 0 Å². The molecular weight excluding hydrogens is 240 g/mol. The average molecular weight is 263 g/mol. The van der Waals surface area contributed by atoms with Crippen LogP contribution in [-0.2, 0) is 4.74 Å². The normalized spacial score (nSPS) is 28.7. The molecule has 1 aliphatic carbocycles. The van der Waals surface area contributed by atoms with E-state index in [-0.39, 0.29) is 0 Å². The molecule has 0 saturated heterocycles. The summed E-state index contributed by atoms with van der Waals surface area (Å²) in [5, 5.41) is 0. The molecule has 0 aromatic carbocycles. The molecule has 0 aromatic heterocycles. The Bertz CT molecular complexity index is 138. The van der Waals surface area contributed by atoms with Gasteiger partial charge >= 0.3 is 0 Å². The van der Waals surface area contributed by atoms with Gasteiger partial charge in [-0.2, -0.15) is 0 Å². The molecule has 1 nitrogen and oxygen atoms in total. The second-order valence-corrected chi connectivity index (χ2v) is 5.43. The molecule has 84 valence electrons. The lowest BCUT2D eigenvalue weighted by molar-refractivity contribution is 0.139.